The summed E-state index contributed by atoms with van der Waals surface area (Å²) in [4.78, 5) is 13.9. The van der Waals surface area contributed by atoms with Crippen molar-refractivity contribution in [3.05, 3.63) is 34.7 Å². The normalized spacial score (nSPS) is 14.6. The number of aromatic nitrogens is 2. The molecule has 9 heteroatoms. The third-order valence-electron chi connectivity index (χ3n) is 3.62. The number of carbonyl (C=O) groups is 1. The quantitative estimate of drug-likeness (QED) is 0.709. The van der Waals surface area contributed by atoms with Crippen LogP contribution >= 0.6 is 23.4 Å². The van der Waals surface area contributed by atoms with Crippen molar-refractivity contribution in [2.75, 3.05) is 32.1 Å². The number of benzene rings is 1. The highest BCUT2D eigenvalue weighted by molar-refractivity contribution is 7.99. The van der Waals surface area contributed by atoms with Gasteiger partial charge < -0.3 is 18.8 Å². The molecular weight excluding hydrogens is 366 g/mol. The molecule has 0 bridgehead atoms. The highest BCUT2D eigenvalue weighted by atomic mass is 35.5. The Balaban J connectivity index is 1.46. The smallest absolute Gasteiger partial charge is 0.277 e. The fourth-order valence-electron chi connectivity index (χ4n) is 2.23. The first-order valence-corrected chi connectivity index (χ1v) is 9.18. The molecule has 1 amide bonds. The highest BCUT2D eigenvalue weighted by Gasteiger charge is 2.18. The SMILES string of the molecule is Cc1cc(OCc2nnc(SCC(=O)N3CCOCC3)o2)ccc1Cl. The van der Waals surface area contributed by atoms with Crippen molar-refractivity contribution >= 4 is 29.3 Å². The maximum atomic E-state index is 12.1. The number of rotatable bonds is 6. The lowest BCUT2D eigenvalue weighted by atomic mass is 10.2. The van der Waals surface area contributed by atoms with Gasteiger partial charge in [-0.25, -0.2) is 0 Å². The summed E-state index contributed by atoms with van der Waals surface area (Å²) in [5, 5.41) is 8.90. The fourth-order valence-corrected chi connectivity index (χ4v) is 3.04. The Morgan fingerprint density at radius 2 is 2.16 bits per heavy atom. The zero-order valence-corrected chi connectivity index (χ0v) is 15.3. The minimum atomic E-state index is 0.0425. The number of hydrogen-bond donors (Lipinski definition) is 0. The Morgan fingerprint density at radius 3 is 2.92 bits per heavy atom. The zero-order chi connectivity index (χ0) is 17.6. The van der Waals surface area contributed by atoms with E-state index in [0.717, 1.165) is 5.56 Å². The summed E-state index contributed by atoms with van der Waals surface area (Å²) >= 11 is 7.20. The van der Waals surface area contributed by atoms with E-state index in [2.05, 4.69) is 10.2 Å². The number of halogens is 1. The lowest BCUT2D eigenvalue weighted by molar-refractivity contribution is -0.132. The van der Waals surface area contributed by atoms with Crippen molar-refractivity contribution < 1.29 is 18.7 Å². The second-order valence-corrected chi connectivity index (χ2v) is 6.78. The van der Waals surface area contributed by atoms with Crippen LogP contribution in [-0.2, 0) is 16.1 Å². The maximum Gasteiger partial charge on any atom is 0.277 e. The Labute approximate surface area is 154 Å². The highest BCUT2D eigenvalue weighted by Crippen LogP contribution is 2.22. The van der Waals surface area contributed by atoms with Crippen molar-refractivity contribution in [3.63, 3.8) is 0 Å². The van der Waals surface area contributed by atoms with E-state index in [1.165, 1.54) is 11.8 Å². The van der Waals surface area contributed by atoms with E-state index in [-0.39, 0.29) is 18.3 Å². The maximum absolute atomic E-state index is 12.1. The van der Waals surface area contributed by atoms with Crippen LogP contribution in [0.25, 0.3) is 0 Å². The van der Waals surface area contributed by atoms with Gasteiger partial charge in [0.2, 0.25) is 5.91 Å². The van der Waals surface area contributed by atoms with Crippen molar-refractivity contribution in [3.8, 4) is 5.75 Å². The van der Waals surface area contributed by atoms with E-state index in [1.54, 1.807) is 17.0 Å². The van der Waals surface area contributed by atoms with Gasteiger partial charge in [-0.3, -0.25) is 4.79 Å². The van der Waals surface area contributed by atoms with E-state index in [9.17, 15) is 4.79 Å². The minimum Gasteiger partial charge on any atom is -0.484 e. The van der Waals surface area contributed by atoms with Crippen LogP contribution in [0.3, 0.4) is 0 Å². The Kier molecular flexibility index (Phi) is 6.17. The molecule has 1 aliphatic rings. The second kappa shape index (κ2) is 8.55. The first-order valence-electron chi connectivity index (χ1n) is 7.81. The Hall–Kier alpha value is -1.77. The van der Waals surface area contributed by atoms with Crippen LogP contribution in [0.4, 0.5) is 0 Å². The molecule has 0 radical (unpaired) electrons. The summed E-state index contributed by atoms with van der Waals surface area (Å²) in [5.41, 5.74) is 0.933. The minimum absolute atomic E-state index is 0.0425. The molecule has 1 aliphatic heterocycles. The average molecular weight is 384 g/mol. The number of thioether (sulfide) groups is 1. The van der Waals surface area contributed by atoms with Gasteiger partial charge in [0, 0.05) is 18.1 Å². The summed E-state index contributed by atoms with van der Waals surface area (Å²) < 4.78 is 16.3. The van der Waals surface area contributed by atoms with Crippen LogP contribution < -0.4 is 4.74 Å². The van der Waals surface area contributed by atoms with Gasteiger partial charge in [-0.15, -0.1) is 10.2 Å². The lowest BCUT2D eigenvalue weighted by Crippen LogP contribution is -2.41. The number of morpholine rings is 1. The van der Waals surface area contributed by atoms with Crippen LogP contribution in [0.15, 0.2) is 27.8 Å². The van der Waals surface area contributed by atoms with Crippen LogP contribution in [0, 0.1) is 6.92 Å². The van der Waals surface area contributed by atoms with E-state index < -0.39 is 0 Å². The topological polar surface area (TPSA) is 77.7 Å². The number of hydrogen-bond acceptors (Lipinski definition) is 7. The summed E-state index contributed by atoms with van der Waals surface area (Å²) in [5.74, 6) is 1.34. The summed E-state index contributed by atoms with van der Waals surface area (Å²) in [6.45, 7) is 4.49. The van der Waals surface area contributed by atoms with Gasteiger partial charge >= 0.3 is 0 Å². The number of aryl methyl sites for hydroxylation is 1. The lowest BCUT2D eigenvalue weighted by Gasteiger charge is -2.26. The molecule has 25 heavy (non-hydrogen) atoms. The molecule has 7 nitrogen and oxygen atoms in total. The van der Waals surface area contributed by atoms with Crippen molar-refractivity contribution in [1.82, 2.24) is 15.1 Å². The van der Waals surface area contributed by atoms with Gasteiger partial charge in [-0.05, 0) is 30.7 Å². The molecule has 0 spiro atoms. The molecule has 2 heterocycles. The van der Waals surface area contributed by atoms with E-state index >= 15 is 0 Å². The van der Waals surface area contributed by atoms with Gasteiger partial charge in [0.15, 0.2) is 6.61 Å². The monoisotopic (exact) mass is 383 g/mol. The fraction of sp³-hybridized carbons (Fsp3) is 0.438. The largest absolute Gasteiger partial charge is 0.484 e. The molecule has 0 N–H and O–H groups in total. The van der Waals surface area contributed by atoms with Crippen molar-refractivity contribution in [2.24, 2.45) is 0 Å². The van der Waals surface area contributed by atoms with Gasteiger partial charge in [0.05, 0.1) is 19.0 Å². The van der Waals surface area contributed by atoms with E-state index in [1.807, 2.05) is 13.0 Å². The van der Waals surface area contributed by atoms with Crippen LogP contribution in [0.1, 0.15) is 11.5 Å². The molecule has 0 aliphatic carbocycles. The van der Waals surface area contributed by atoms with Crippen LogP contribution in [0.5, 0.6) is 5.75 Å². The first-order chi connectivity index (χ1) is 12.1. The second-order valence-electron chi connectivity index (χ2n) is 5.44. The van der Waals surface area contributed by atoms with Gasteiger partial charge in [-0.1, -0.05) is 23.4 Å². The van der Waals surface area contributed by atoms with Gasteiger partial charge in [0.25, 0.3) is 11.1 Å². The molecule has 0 unspecified atom stereocenters. The molecule has 1 aromatic carbocycles. The first kappa shape index (κ1) is 18.0. The van der Waals surface area contributed by atoms with Crippen LogP contribution in [-0.4, -0.2) is 53.1 Å². The number of nitrogens with zero attached hydrogens (tertiary/aromatic N) is 3. The molecule has 3 rings (SSSR count). The Morgan fingerprint density at radius 1 is 1.36 bits per heavy atom. The molecular formula is C16H18ClN3O4S. The number of carbonyl (C=O) groups excluding carboxylic acids is 1. The molecule has 0 saturated carbocycles. The molecule has 134 valence electrons. The summed E-state index contributed by atoms with van der Waals surface area (Å²) in [6, 6.07) is 5.40. The predicted octanol–water partition coefficient (Wildman–Crippen LogP) is 2.56. The molecule has 1 saturated heterocycles. The third-order valence-corrected chi connectivity index (χ3v) is 4.85. The zero-order valence-electron chi connectivity index (χ0n) is 13.7. The van der Waals surface area contributed by atoms with Crippen molar-refractivity contribution in [1.29, 1.82) is 0 Å². The van der Waals surface area contributed by atoms with E-state index in [0.29, 0.717) is 48.2 Å². The van der Waals surface area contributed by atoms with Gasteiger partial charge in [0.1, 0.15) is 5.75 Å². The molecule has 1 aromatic heterocycles. The number of amides is 1. The molecule has 2 aromatic rings. The van der Waals surface area contributed by atoms with Gasteiger partial charge in [-0.2, -0.15) is 0 Å². The van der Waals surface area contributed by atoms with Crippen molar-refractivity contribution in [2.45, 2.75) is 18.8 Å². The number of ether oxygens (including phenoxy) is 2. The summed E-state index contributed by atoms with van der Waals surface area (Å²) in [7, 11) is 0. The standard InChI is InChI=1S/C16H18ClN3O4S/c1-11-8-12(2-3-13(11)17)23-9-14-18-19-16(24-14)25-10-15(21)20-4-6-22-7-5-20/h2-3,8H,4-7,9-10H2,1H3. The summed E-state index contributed by atoms with van der Waals surface area (Å²) in [6.07, 6.45) is 0. The van der Waals surface area contributed by atoms with E-state index in [4.69, 9.17) is 25.5 Å². The third kappa shape index (κ3) is 5.10. The molecule has 0 atom stereocenters. The molecule has 1 fully saturated rings. The Bertz CT molecular complexity index is 734. The average Bonchev–Trinajstić information content (AvgIpc) is 3.09. The van der Waals surface area contributed by atoms with Crippen LogP contribution in [0.2, 0.25) is 5.02 Å². The predicted molar refractivity (Wildman–Crippen MR) is 92.9 cm³/mol.